The molecule has 2 rings (SSSR count). The van der Waals surface area contributed by atoms with Crippen molar-refractivity contribution in [3.05, 3.63) is 0 Å². The molecule has 2 fully saturated rings. The molecule has 0 N–H and O–H groups in total. The van der Waals surface area contributed by atoms with Crippen LogP contribution in [0.25, 0.3) is 0 Å². The van der Waals surface area contributed by atoms with Gasteiger partial charge in [0.1, 0.15) is 0 Å². The first-order chi connectivity index (χ1) is 6.63. The van der Waals surface area contributed by atoms with Crippen molar-refractivity contribution in [1.82, 2.24) is 4.90 Å². The SMILES string of the molecule is CC(C)C1CCC2(CCCC2)CN1C. The van der Waals surface area contributed by atoms with E-state index in [-0.39, 0.29) is 0 Å². The predicted octanol–water partition coefficient (Wildman–Crippen LogP) is 3.30. The molecule has 1 saturated heterocycles. The van der Waals surface area contributed by atoms with Crippen molar-refractivity contribution in [3.63, 3.8) is 0 Å². The number of hydrogen-bond acceptors (Lipinski definition) is 1. The molecule has 0 aromatic rings. The van der Waals surface area contributed by atoms with Crippen molar-refractivity contribution in [2.75, 3.05) is 13.6 Å². The lowest BCUT2D eigenvalue weighted by molar-refractivity contribution is 0.0450. The molecule has 0 amide bonds. The van der Waals surface area contributed by atoms with Gasteiger partial charge in [-0.15, -0.1) is 0 Å². The standard InChI is InChI=1S/C13H25N/c1-11(2)12-6-9-13(10-14(12)3)7-4-5-8-13/h11-12H,4-10H2,1-3H3. The van der Waals surface area contributed by atoms with E-state index in [0.29, 0.717) is 0 Å². The summed E-state index contributed by atoms with van der Waals surface area (Å²) in [5.74, 6) is 0.832. The zero-order valence-corrected chi connectivity index (χ0v) is 10.1. The summed E-state index contributed by atoms with van der Waals surface area (Å²) in [5, 5.41) is 0. The van der Waals surface area contributed by atoms with Crippen LogP contribution < -0.4 is 0 Å². The average Bonchev–Trinajstić information content (AvgIpc) is 2.52. The van der Waals surface area contributed by atoms with Gasteiger partial charge in [0.25, 0.3) is 0 Å². The van der Waals surface area contributed by atoms with Crippen LogP contribution in [-0.4, -0.2) is 24.5 Å². The van der Waals surface area contributed by atoms with Gasteiger partial charge >= 0.3 is 0 Å². The van der Waals surface area contributed by atoms with Gasteiger partial charge < -0.3 is 4.90 Å². The third kappa shape index (κ3) is 1.84. The smallest absolute Gasteiger partial charge is 0.0116 e. The van der Waals surface area contributed by atoms with Crippen molar-refractivity contribution in [2.24, 2.45) is 11.3 Å². The predicted molar refractivity (Wildman–Crippen MR) is 61.4 cm³/mol. The fraction of sp³-hybridized carbons (Fsp3) is 1.00. The largest absolute Gasteiger partial charge is 0.303 e. The van der Waals surface area contributed by atoms with Gasteiger partial charge in [-0.05, 0) is 44.1 Å². The second-order valence-corrected chi connectivity index (χ2v) is 5.97. The Bertz CT molecular complexity index is 191. The molecular weight excluding hydrogens is 170 g/mol. The zero-order valence-electron chi connectivity index (χ0n) is 10.1. The van der Waals surface area contributed by atoms with Crippen molar-refractivity contribution in [2.45, 2.75) is 58.4 Å². The van der Waals surface area contributed by atoms with Crippen molar-refractivity contribution in [1.29, 1.82) is 0 Å². The lowest BCUT2D eigenvalue weighted by atomic mass is 9.75. The van der Waals surface area contributed by atoms with E-state index in [9.17, 15) is 0 Å². The van der Waals surface area contributed by atoms with E-state index >= 15 is 0 Å². The first-order valence-electron chi connectivity index (χ1n) is 6.33. The molecule has 1 heterocycles. The highest BCUT2D eigenvalue weighted by Crippen LogP contribution is 2.46. The van der Waals surface area contributed by atoms with E-state index in [2.05, 4.69) is 25.8 Å². The highest BCUT2D eigenvalue weighted by atomic mass is 15.1. The Labute approximate surface area is 88.9 Å². The van der Waals surface area contributed by atoms with Gasteiger partial charge in [0.05, 0.1) is 0 Å². The first kappa shape index (κ1) is 10.5. The van der Waals surface area contributed by atoms with Gasteiger partial charge in [-0.2, -0.15) is 0 Å². The fourth-order valence-electron chi connectivity index (χ4n) is 3.78. The van der Waals surface area contributed by atoms with Gasteiger partial charge in [-0.3, -0.25) is 0 Å². The first-order valence-corrected chi connectivity index (χ1v) is 6.33. The molecule has 1 unspecified atom stereocenters. The third-order valence-corrected chi connectivity index (χ3v) is 4.56. The molecule has 1 nitrogen and oxygen atoms in total. The van der Waals surface area contributed by atoms with Crippen LogP contribution in [0.1, 0.15) is 52.4 Å². The minimum atomic E-state index is 0.736. The summed E-state index contributed by atoms with van der Waals surface area (Å²) in [7, 11) is 2.34. The highest BCUT2D eigenvalue weighted by Gasteiger charge is 2.40. The summed E-state index contributed by atoms with van der Waals surface area (Å²) < 4.78 is 0. The van der Waals surface area contributed by atoms with Gasteiger partial charge in [0.2, 0.25) is 0 Å². The van der Waals surface area contributed by atoms with Crippen LogP contribution in [0.4, 0.5) is 0 Å². The molecule has 0 aromatic carbocycles. The van der Waals surface area contributed by atoms with E-state index in [1.807, 2.05) is 0 Å². The van der Waals surface area contributed by atoms with Gasteiger partial charge in [0.15, 0.2) is 0 Å². The Morgan fingerprint density at radius 3 is 2.29 bits per heavy atom. The fourth-order valence-corrected chi connectivity index (χ4v) is 3.78. The zero-order chi connectivity index (χ0) is 10.2. The number of likely N-dealkylation sites (tertiary alicyclic amines) is 1. The second kappa shape index (κ2) is 3.84. The van der Waals surface area contributed by atoms with Gasteiger partial charge in [-0.1, -0.05) is 26.7 Å². The average molecular weight is 195 g/mol. The number of hydrogen-bond donors (Lipinski definition) is 0. The molecule has 1 atom stereocenters. The van der Waals surface area contributed by atoms with Crippen LogP contribution in [0.15, 0.2) is 0 Å². The molecule has 0 bridgehead atoms. The number of nitrogens with zero attached hydrogens (tertiary/aromatic N) is 1. The van der Waals surface area contributed by atoms with Gasteiger partial charge in [0, 0.05) is 12.6 Å². The molecule has 14 heavy (non-hydrogen) atoms. The minimum absolute atomic E-state index is 0.736. The van der Waals surface area contributed by atoms with Crippen molar-refractivity contribution >= 4 is 0 Å². The molecular formula is C13H25N. The van der Waals surface area contributed by atoms with Gasteiger partial charge in [-0.25, -0.2) is 0 Å². The summed E-state index contributed by atoms with van der Waals surface area (Å²) in [6, 6.07) is 0.848. The van der Waals surface area contributed by atoms with E-state index in [0.717, 1.165) is 17.4 Å². The molecule has 1 aliphatic heterocycles. The highest BCUT2D eigenvalue weighted by molar-refractivity contribution is 4.93. The third-order valence-electron chi connectivity index (χ3n) is 4.56. The van der Waals surface area contributed by atoms with Crippen LogP contribution in [0.3, 0.4) is 0 Å². The summed E-state index contributed by atoms with van der Waals surface area (Å²) >= 11 is 0. The van der Waals surface area contributed by atoms with Crippen molar-refractivity contribution < 1.29 is 0 Å². The molecule has 1 heteroatoms. The molecule has 0 aromatic heterocycles. The second-order valence-electron chi connectivity index (χ2n) is 5.97. The maximum absolute atomic E-state index is 2.64. The number of rotatable bonds is 1. The molecule has 1 aliphatic carbocycles. The lowest BCUT2D eigenvalue weighted by Gasteiger charge is -2.45. The molecule has 82 valence electrons. The van der Waals surface area contributed by atoms with Crippen LogP contribution in [-0.2, 0) is 0 Å². The summed E-state index contributed by atoms with van der Waals surface area (Å²) in [6.07, 6.45) is 8.92. The topological polar surface area (TPSA) is 3.24 Å². The van der Waals surface area contributed by atoms with E-state index in [1.165, 1.54) is 45.1 Å². The van der Waals surface area contributed by atoms with Crippen molar-refractivity contribution in [3.8, 4) is 0 Å². The van der Waals surface area contributed by atoms with Crippen LogP contribution in [0.5, 0.6) is 0 Å². The summed E-state index contributed by atoms with van der Waals surface area (Å²) in [6.45, 7) is 6.11. The van der Waals surface area contributed by atoms with E-state index in [1.54, 1.807) is 0 Å². The summed E-state index contributed by atoms with van der Waals surface area (Å²) in [5.41, 5.74) is 0.736. The van der Waals surface area contributed by atoms with Crippen LogP contribution in [0.2, 0.25) is 0 Å². The molecule has 0 radical (unpaired) electrons. The van der Waals surface area contributed by atoms with E-state index in [4.69, 9.17) is 0 Å². The quantitative estimate of drug-likeness (QED) is 0.620. The maximum atomic E-state index is 2.64. The van der Waals surface area contributed by atoms with Crippen LogP contribution in [0, 0.1) is 11.3 Å². The Morgan fingerprint density at radius 2 is 1.79 bits per heavy atom. The lowest BCUT2D eigenvalue weighted by Crippen LogP contribution is -2.47. The molecule has 1 saturated carbocycles. The monoisotopic (exact) mass is 195 g/mol. The molecule has 1 spiro atoms. The Hall–Kier alpha value is -0.0400. The Balaban J connectivity index is 1.98. The van der Waals surface area contributed by atoms with E-state index < -0.39 is 0 Å². The molecule has 2 aliphatic rings. The Kier molecular flexibility index (Phi) is 2.88. The number of piperidine rings is 1. The maximum Gasteiger partial charge on any atom is 0.0116 e. The normalized spacial score (nSPS) is 33.0. The summed E-state index contributed by atoms with van der Waals surface area (Å²) in [4.78, 5) is 2.64. The minimum Gasteiger partial charge on any atom is -0.303 e. The van der Waals surface area contributed by atoms with Crippen LogP contribution >= 0.6 is 0 Å². The Morgan fingerprint density at radius 1 is 1.14 bits per heavy atom.